The lowest BCUT2D eigenvalue weighted by Gasteiger charge is -2.30. The van der Waals surface area contributed by atoms with Crippen LogP contribution in [-0.2, 0) is 14.8 Å². The van der Waals surface area contributed by atoms with Gasteiger partial charge in [0.1, 0.15) is 0 Å². The van der Waals surface area contributed by atoms with Gasteiger partial charge in [-0.25, -0.2) is 13.1 Å². The summed E-state index contributed by atoms with van der Waals surface area (Å²) in [7, 11) is -3.54. The first kappa shape index (κ1) is 15.9. The van der Waals surface area contributed by atoms with Gasteiger partial charge in [0, 0.05) is 24.7 Å². The summed E-state index contributed by atoms with van der Waals surface area (Å²) in [4.78, 5) is 11.1. The zero-order chi connectivity index (χ0) is 15.5. The van der Waals surface area contributed by atoms with E-state index in [9.17, 15) is 13.2 Å². The van der Waals surface area contributed by atoms with E-state index >= 15 is 0 Å². The third-order valence-corrected chi connectivity index (χ3v) is 5.06. The molecule has 1 aliphatic heterocycles. The quantitative estimate of drug-likeness (QED) is 0.776. The highest BCUT2D eigenvalue weighted by molar-refractivity contribution is 7.89. The van der Waals surface area contributed by atoms with Crippen molar-refractivity contribution < 1.29 is 13.2 Å². The molecule has 0 bridgehead atoms. The number of anilines is 1. The van der Waals surface area contributed by atoms with Gasteiger partial charge in [-0.05, 0) is 50.6 Å². The fraction of sp³-hybridized carbons (Fsp3) is 0.500. The van der Waals surface area contributed by atoms with Crippen LogP contribution in [0.5, 0.6) is 0 Å². The molecule has 2 rings (SSSR count). The van der Waals surface area contributed by atoms with Crippen molar-refractivity contribution in [2.45, 2.75) is 43.7 Å². The zero-order valence-electron chi connectivity index (χ0n) is 12.2. The third-order valence-electron chi connectivity index (χ3n) is 3.55. The van der Waals surface area contributed by atoms with E-state index in [1.165, 1.54) is 19.1 Å². The van der Waals surface area contributed by atoms with Crippen LogP contribution in [0.1, 0.15) is 26.7 Å². The molecular formula is C14H21N3O3S. The third kappa shape index (κ3) is 4.26. The summed E-state index contributed by atoms with van der Waals surface area (Å²) < 4.78 is 27.5. The molecule has 116 valence electrons. The van der Waals surface area contributed by atoms with Crippen molar-refractivity contribution in [1.82, 2.24) is 10.0 Å². The minimum absolute atomic E-state index is 0.0984. The topological polar surface area (TPSA) is 87.3 Å². The standard InChI is InChI=1S/C14H21N3O3S/c1-10-14(4-3-9-15-10)17-21(19,20)13-7-5-12(6-8-13)16-11(2)18/h5-8,10,14-15,17H,3-4,9H2,1-2H3,(H,16,18). The van der Waals surface area contributed by atoms with E-state index in [2.05, 4.69) is 15.4 Å². The number of carbonyl (C=O) groups is 1. The van der Waals surface area contributed by atoms with Gasteiger partial charge in [-0.15, -0.1) is 0 Å². The number of amides is 1. The Bertz CT molecular complexity index is 598. The van der Waals surface area contributed by atoms with Crippen molar-refractivity contribution in [1.29, 1.82) is 0 Å². The molecule has 0 aliphatic carbocycles. The van der Waals surface area contributed by atoms with Gasteiger partial charge in [-0.1, -0.05) is 0 Å². The lowest BCUT2D eigenvalue weighted by Crippen LogP contribution is -2.51. The lowest BCUT2D eigenvalue weighted by atomic mass is 10.0. The molecule has 0 spiro atoms. The summed E-state index contributed by atoms with van der Waals surface area (Å²) >= 11 is 0. The van der Waals surface area contributed by atoms with Gasteiger partial charge in [0.15, 0.2) is 0 Å². The summed E-state index contributed by atoms with van der Waals surface area (Å²) in [6.45, 7) is 4.31. The maximum atomic E-state index is 12.4. The van der Waals surface area contributed by atoms with Crippen molar-refractivity contribution in [2.24, 2.45) is 0 Å². The molecule has 1 aromatic rings. The highest BCUT2D eigenvalue weighted by Gasteiger charge is 2.26. The second-order valence-electron chi connectivity index (χ2n) is 5.32. The number of carbonyl (C=O) groups excluding carboxylic acids is 1. The maximum absolute atomic E-state index is 12.4. The molecule has 1 fully saturated rings. The Morgan fingerprint density at radius 2 is 1.95 bits per heavy atom. The number of hydrogen-bond acceptors (Lipinski definition) is 4. The molecule has 1 heterocycles. The van der Waals surface area contributed by atoms with Crippen molar-refractivity contribution in [2.75, 3.05) is 11.9 Å². The average Bonchev–Trinajstić information content (AvgIpc) is 2.41. The predicted molar refractivity (Wildman–Crippen MR) is 81.6 cm³/mol. The molecule has 1 saturated heterocycles. The maximum Gasteiger partial charge on any atom is 0.240 e. The highest BCUT2D eigenvalue weighted by atomic mass is 32.2. The second kappa shape index (κ2) is 6.55. The Morgan fingerprint density at radius 3 is 2.52 bits per heavy atom. The van der Waals surface area contributed by atoms with Gasteiger partial charge in [0.05, 0.1) is 4.90 Å². The Labute approximate surface area is 125 Å². The summed E-state index contributed by atoms with van der Waals surface area (Å²) in [6.07, 6.45) is 1.79. The number of hydrogen-bond donors (Lipinski definition) is 3. The summed E-state index contributed by atoms with van der Waals surface area (Å²) in [6, 6.07) is 6.17. The number of rotatable bonds is 4. The van der Waals surface area contributed by atoms with Crippen LogP contribution in [0.2, 0.25) is 0 Å². The van der Waals surface area contributed by atoms with Crippen LogP contribution in [0.25, 0.3) is 0 Å². The van der Waals surface area contributed by atoms with E-state index in [0.717, 1.165) is 19.4 Å². The molecule has 2 atom stereocenters. The number of benzene rings is 1. The van der Waals surface area contributed by atoms with Gasteiger partial charge >= 0.3 is 0 Å². The largest absolute Gasteiger partial charge is 0.326 e. The van der Waals surface area contributed by atoms with E-state index in [1.54, 1.807) is 12.1 Å². The Morgan fingerprint density at radius 1 is 1.29 bits per heavy atom. The van der Waals surface area contributed by atoms with Gasteiger partial charge in [-0.2, -0.15) is 0 Å². The molecule has 1 aromatic carbocycles. The van der Waals surface area contributed by atoms with Crippen LogP contribution in [0, 0.1) is 0 Å². The SMILES string of the molecule is CC(=O)Nc1ccc(S(=O)(=O)NC2CCCNC2C)cc1. The van der Waals surface area contributed by atoms with E-state index in [1.807, 2.05) is 6.92 Å². The Balaban J connectivity index is 2.10. The lowest BCUT2D eigenvalue weighted by molar-refractivity contribution is -0.114. The predicted octanol–water partition coefficient (Wildman–Crippen LogP) is 1.06. The van der Waals surface area contributed by atoms with E-state index in [-0.39, 0.29) is 22.9 Å². The van der Waals surface area contributed by atoms with Gasteiger partial charge in [0.2, 0.25) is 15.9 Å². The molecule has 1 amide bonds. The first-order valence-electron chi connectivity index (χ1n) is 7.02. The van der Waals surface area contributed by atoms with Gasteiger partial charge < -0.3 is 10.6 Å². The molecule has 21 heavy (non-hydrogen) atoms. The minimum Gasteiger partial charge on any atom is -0.326 e. The van der Waals surface area contributed by atoms with Crippen molar-refractivity contribution in [3.63, 3.8) is 0 Å². The molecule has 0 saturated carbocycles. The summed E-state index contributed by atoms with van der Waals surface area (Å²) in [5.41, 5.74) is 0.578. The van der Waals surface area contributed by atoms with E-state index in [4.69, 9.17) is 0 Å². The fourth-order valence-electron chi connectivity index (χ4n) is 2.39. The molecule has 3 N–H and O–H groups in total. The highest BCUT2D eigenvalue weighted by Crippen LogP contribution is 2.17. The van der Waals surface area contributed by atoms with Gasteiger partial charge in [-0.3, -0.25) is 4.79 Å². The van der Waals surface area contributed by atoms with E-state index < -0.39 is 10.0 Å². The molecule has 2 unspecified atom stereocenters. The van der Waals surface area contributed by atoms with Crippen LogP contribution in [-0.4, -0.2) is 33.0 Å². The number of sulfonamides is 1. The normalized spacial score (nSPS) is 22.8. The van der Waals surface area contributed by atoms with Crippen molar-refractivity contribution in [3.05, 3.63) is 24.3 Å². The van der Waals surface area contributed by atoms with Crippen LogP contribution >= 0.6 is 0 Å². The first-order valence-corrected chi connectivity index (χ1v) is 8.50. The van der Waals surface area contributed by atoms with Crippen LogP contribution in [0.15, 0.2) is 29.2 Å². The molecular weight excluding hydrogens is 290 g/mol. The summed E-state index contributed by atoms with van der Waals surface area (Å²) in [5, 5.41) is 5.87. The Hall–Kier alpha value is -1.44. The van der Waals surface area contributed by atoms with E-state index in [0.29, 0.717) is 5.69 Å². The zero-order valence-corrected chi connectivity index (χ0v) is 13.0. The molecule has 1 aliphatic rings. The second-order valence-corrected chi connectivity index (χ2v) is 7.03. The average molecular weight is 311 g/mol. The van der Waals surface area contributed by atoms with Gasteiger partial charge in [0.25, 0.3) is 0 Å². The number of piperidine rings is 1. The smallest absolute Gasteiger partial charge is 0.240 e. The fourth-order valence-corrected chi connectivity index (χ4v) is 3.74. The Kier molecular flexibility index (Phi) is 4.97. The molecule has 6 nitrogen and oxygen atoms in total. The van der Waals surface area contributed by atoms with Crippen LogP contribution < -0.4 is 15.4 Å². The van der Waals surface area contributed by atoms with Crippen molar-refractivity contribution >= 4 is 21.6 Å². The molecule has 7 heteroatoms. The minimum atomic E-state index is -3.54. The molecule has 0 radical (unpaired) electrons. The van der Waals surface area contributed by atoms with Crippen LogP contribution in [0.3, 0.4) is 0 Å². The van der Waals surface area contributed by atoms with Crippen LogP contribution in [0.4, 0.5) is 5.69 Å². The monoisotopic (exact) mass is 311 g/mol. The molecule has 0 aromatic heterocycles. The first-order chi connectivity index (χ1) is 9.88. The van der Waals surface area contributed by atoms with Crippen molar-refractivity contribution in [3.8, 4) is 0 Å². The number of nitrogens with one attached hydrogen (secondary N) is 3. The summed E-state index contributed by atoms with van der Waals surface area (Å²) in [5.74, 6) is -0.189.